The molecular formula is C7H15N3O. The van der Waals surface area contributed by atoms with Crippen molar-refractivity contribution in [3.63, 3.8) is 0 Å². The van der Waals surface area contributed by atoms with Crippen LogP contribution in [-0.4, -0.2) is 24.0 Å². The molecule has 1 saturated heterocycles. The largest absolute Gasteiger partial charge is 0.331 e. The lowest BCUT2D eigenvalue weighted by atomic mass is 10.0. The molecule has 1 atom stereocenters. The topological polar surface area (TPSA) is 58.4 Å². The van der Waals surface area contributed by atoms with Crippen LogP contribution in [0.25, 0.3) is 0 Å². The standard InChI is InChI=1S/C7H15N3O/c1-6-3-2-4-10(5-6)7(11)9-8/h6H,2-5,8H2,1H3,(H,9,11). The third kappa shape index (κ3) is 2.08. The quantitative estimate of drug-likeness (QED) is 0.302. The van der Waals surface area contributed by atoms with E-state index in [0.29, 0.717) is 5.92 Å². The van der Waals surface area contributed by atoms with Crippen LogP contribution in [0, 0.1) is 5.92 Å². The molecule has 3 N–H and O–H groups in total. The lowest BCUT2D eigenvalue weighted by Crippen LogP contribution is -2.47. The minimum atomic E-state index is -0.156. The molecule has 1 aliphatic heterocycles. The van der Waals surface area contributed by atoms with Crippen molar-refractivity contribution in [1.29, 1.82) is 0 Å². The van der Waals surface area contributed by atoms with Gasteiger partial charge in [0, 0.05) is 13.1 Å². The summed E-state index contributed by atoms with van der Waals surface area (Å²) in [5.74, 6) is 5.62. The summed E-state index contributed by atoms with van der Waals surface area (Å²) in [6.07, 6.45) is 2.31. The molecule has 0 aromatic carbocycles. The van der Waals surface area contributed by atoms with E-state index in [4.69, 9.17) is 5.84 Å². The van der Waals surface area contributed by atoms with Gasteiger partial charge in [0.1, 0.15) is 0 Å². The summed E-state index contributed by atoms with van der Waals surface area (Å²) in [5.41, 5.74) is 2.14. The van der Waals surface area contributed by atoms with E-state index >= 15 is 0 Å². The Bertz CT molecular complexity index is 149. The van der Waals surface area contributed by atoms with Gasteiger partial charge in [0.2, 0.25) is 0 Å². The second kappa shape index (κ2) is 3.57. The highest BCUT2D eigenvalue weighted by molar-refractivity contribution is 5.73. The first-order chi connectivity index (χ1) is 5.24. The van der Waals surface area contributed by atoms with Crippen molar-refractivity contribution in [1.82, 2.24) is 10.3 Å². The van der Waals surface area contributed by atoms with Gasteiger partial charge in [-0.1, -0.05) is 6.92 Å². The highest BCUT2D eigenvalue weighted by Gasteiger charge is 2.19. The summed E-state index contributed by atoms with van der Waals surface area (Å²) in [5, 5.41) is 0. The minimum absolute atomic E-state index is 0.156. The van der Waals surface area contributed by atoms with Crippen molar-refractivity contribution in [3.05, 3.63) is 0 Å². The summed E-state index contributed by atoms with van der Waals surface area (Å²) >= 11 is 0. The molecule has 0 bridgehead atoms. The molecule has 64 valence electrons. The molecule has 1 heterocycles. The number of hydrogen-bond donors (Lipinski definition) is 2. The molecule has 1 unspecified atom stereocenters. The molecule has 4 heteroatoms. The number of likely N-dealkylation sites (tertiary alicyclic amines) is 1. The summed E-state index contributed by atoms with van der Waals surface area (Å²) < 4.78 is 0. The molecule has 1 rings (SSSR count). The Balaban J connectivity index is 2.39. The lowest BCUT2D eigenvalue weighted by Gasteiger charge is -2.30. The molecule has 4 nitrogen and oxygen atoms in total. The highest BCUT2D eigenvalue weighted by Crippen LogP contribution is 2.14. The maximum atomic E-state index is 11.0. The molecule has 0 aliphatic carbocycles. The van der Waals surface area contributed by atoms with Gasteiger partial charge in [-0.25, -0.2) is 10.6 Å². The number of nitrogens with one attached hydrogen (secondary N) is 1. The van der Waals surface area contributed by atoms with E-state index < -0.39 is 0 Å². The smallest absolute Gasteiger partial charge is 0.323 e. The zero-order chi connectivity index (χ0) is 8.27. The van der Waals surface area contributed by atoms with Gasteiger partial charge in [0.25, 0.3) is 0 Å². The Morgan fingerprint density at radius 1 is 1.73 bits per heavy atom. The maximum absolute atomic E-state index is 11.0. The van der Waals surface area contributed by atoms with E-state index in [1.807, 2.05) is 0 Å². The van der Waals surface area contributed by atoms with E-state index in [1.165, 1.54) is 6.42 Å². The van der Waals surface area contributed by atoms with Crippen molar-refractivity contribution in [3.8, 4) is 0 Å². The Morgan fingerprint density at radius 2 is 2.45 bits per heavy atom. The number of rotatable bonds is 0. The van der Waals surface area contributed by atoms with Gasteiger partial charge in [-0.3, -0.25) is 5.43 Å². The van der Waals surface area contributed by atoms with Crippen LogP contribution in [0.4, 0.5) is 4.79 Å². The third-order valence-corrected chi connectivity index (χ3v) is 2.07. The van der Waals surface area contributed by atoms with Crippen molar-refractivity contribution < 1.29 is 4.79 Å². The summed E-state index contributed by atoms with van der Waals surface area (Å²) in [4.78, 5) is 12.8. The van der Waals surface area contributed by atoms with Gasteiger partial charge in [0.15, 0.2) is 0 Å². The van der Waals surface area contributed by atoms with Gasteiger partial charge in [0.05, 0.1) is 0 Å². The fourth-order valence-electron chi connectivity index (χ4n) is 1.47. The Labute approximate surface area is 66.7 Å². The van der Waals surface area contributed by atoms with Crippen LogP contribution in [0.2, 0.25) is 0 Å². The van der Waals surface area contributed by atoms with Crippen LogP contribution in [0.1, 0.15) is 19.8 Å². The first kappa shape index (κ1) is 8.33. The van der Waals surface area contributed by atoms with Crippen LogP contribution < -0.4 is 11.3 Å². The molecule has 0 saturated carbocycles. The third-order valence-electron chi connectivity index (χ3n) is 2.07. The van der Waals surface area contributed by atoms with Crippen LogP contribution in [-0.2, 0) is 0 Å². The van der Waals surface area contributed by atoms with Crippen LogP contribution in [0.5, 0.6) is 0 Å². The fraction of sp³-hybridized carbons (Fsp3) is 0.857. The monoisotopic (exact) mass is 157 g/mol. The molecule has 1 aliphatic rings. The normalized spacial score (nSPS) is 24.9. The zero-order valence-electron chi connectivity index (χ0n) is 6.84. The van der Waals surface area contributed by atoms with Crippen LogP contribution in [0.15, 0.2) is 0 Å². The van der Waals surface area contributed by atoms with E-state index in [-0.39, 0.29) is 6.03 Å². The van der Waals surface area contributed by atoms with E-state index in [1.54, 1.807) is 4.90 Å². The fourth-order valence-corrected chi connectivity index (χ4v) is 1.47. The molecule has 0 spiro atoms. The van der Waals surface area contributed by atoms with Crippen molar-refractivity contribution in [2.24, 2.45) is 11.8 Å². The number of carbonyl (C=O) groups excluding carboxylic acids is 1. The number of piperidine rings is 1. The SMILES string of the molecule is CC1CCCN(C(=O)NN)C1. The van der Waals surface area contributed by atoms with Crippen LogP contribution >= 0.6 is 0 Å². The van der Waals surface area contributed by atoms with Gasteiger partial charge < -0.3 is 4.90 Å². The molecule has 0 radical (unpaired) electrons. The first-order valence-corrected chi connectivity index (χ1v) is 3.99. The van der Waals surface area contributed by atoms with Crippen molar-refractivity contribution in [2.75, 3.05) is 13.1 Å². The second-order valence-corrected chi connectivity index (χ2v) is 3.14. The van der Waals surface area contributed by atoms with E-state index in [0.717, 1.165) is 19.5 Å². The van der Waals surface area contributed by atoms with Crippen molar-refractivity contribution in [2.45, 2.75) is 19.8 Å². The van der Waals surface area contributed by atoms with Crippen LogP contribution in [0.3, 0.4) is 0 Å². The van der Waals surface area contributed by atoms with Gasteiger partial charge in [-0.05, 0) is 18.8 Å². The highest BCUT2D eigenvalue weighted by atomic mass is 16.2. The summed E-state index contributed by atoms with van der Waals surface area (Å²) in [6, 6.07) is -0.156. The number of nitrogens with two attached hydrogens (primary N) is 1. The average Bonchev–Trinajstić information content (AvgIpc) is 2.03. The van der Waals surface area contributed by atoms with E-state index in [9.17, 15) is 4.79 Å². The van der Waals surface area contributed by atoms with Gasteiger partial charge in [-0.2, -0.15) is 0 Å². The number of nitrogens with zero attached hydrogens (tertiary/aromatic N) is 1. The number of amides is 2. The maximum Gasteiger partial charge on any atom is 0.331 e. The van der Waals surface area contributed by atoms with Gasteiger partial charge >= 0.3 is 6.03 Å². The van der Waals surface area contributed by atoms with Crippen molar-refractivity contribution >= 4 is 6.03 Å². The molecule has 0 aromatic rings. The number of hydrogen-bond acceptors (Lipinski definition) is 2. The number of hydrazine groups is 1. The first-order valence-electron chi connectivity index (χ1n) is 3.99. The summed E-state index contributed by atoms with van der Waals surface area (Å²) in [7, 11) is 0. The predicted molar refractivity (Wildman–Crippen MR) is 42.7 cm³/mol. The summed E-state index contributed by atoms with van der Waals surface area (Å²) in [6.45, 7) is 3.83. The Hall–Kier alpha value is -0.770. The zero-order valence-corrected chi connectivity index (χ0v) is 6.84. The Morgan fingerprint density at radius 3 is 3.00 bits per heavy atom. The molecular weight excluding hydrogens is 142 g/mol. The minimum Gasteiger partial charge on any atom is -0.323 e. The molecule has 2 amide bonds. The van der Waals surface area contributed by atoms with Gasteiger partial charge in [-0.15, -0.1) is 0 Å². The Kier molecular flexibility index (Phi) is 2.70. The lowest BCUT2D eigenvalue weighted by molar-refractivity contribution is 0.170. The average molecular weight is 157 g/mol. The number of urea groups is 1. The van der Waals surface area contributed by atoms with E-state index in [2.05, 4.69) is 12.3 Å². The molecule has 0 aromatic heterocycles. The molecule has 11 heavy (non-hydrogen) atoms. The number of carbonyl (C=O) groups is 1. The predicted octanol–water partition coefficient (Wildman–Crippen LogP) is 0.302. The molecule has 1 fully saturated rings. The second-order valence-electron chi connectivity index (χ2n) is 3.14.